The van der Waals surface area contributed by atoms with Gasteiger partial charge in [0.25, 0.3) is 0 Å². The average molecular weight is 415 g/mol. The minimum atomic E-state index is -0.605. The lowest BCUT2D eigenvalue weighted by Gasteiger charge is -2.72. The standard InChI is InChI=1S/C27H42O3/c1-24(2)22-20-9-7-16-15-17(28)8-10-18(16)19(20)11-12-21(22)26(5)13-6-14-27(26,23(29)30)25(24,3)4/h16,18-22H,6-15H2,1-5H3,(H,29,30). The molecule has 0 aliphatic heterocycles. The Morgan fingerprint density at radius 1 is 0.900 bits per heavy atom. The molecule has 8 unspecified atom stereocenters. The van der Waals surface area contributed by atoms with Gasteiger partial charge in [-0.3, -0.25) is 9.59 Å². The number of carbonyl (C=O) groups is 2. The fourth-order valence-corrected chi connectivity index (χ4v) is 10.7. The largest absolute Gasteiger partial charge is 0.481 e. The van der Waals surface area contributed by atoms with Gasteiger partial charge < -0.3 is 5.11 Å². The summed E-state index contributed by atoms with van der Waals surface area (Å²) in [5.41, 5.74) is -0.932. The summed E-state index contributed by atoms with van der Waals surface area (Å²) < 4.78 is 0. The molecular weight excluding hydrogens is 372 g/mol. The van der Waals surface area contributed by atoms with Crippen LogP contribution < -0.4 is 0 Å². The molecule has 5 aliphatic rings. The maximum absolute atomic E-state index is 13.0. The van der Waals surface area contributed by atoms with Gasteiger partial charge in [-0.2, -0.15) is 0 Å². The lowest BCUT2D eigenvalue weighted by Crippen LogP contribution is -2.70. The van der Waals surface area contributed by atoms with E-state index in [-0.39, 0.29) is 16.2 Å². The number of aliphatic carboxylic acids is 1. The minimum Gasteiger partial charge on any atom is -0.481 e. The predicted octanol–water partition coefficient (Wildman–Crippen LogP) is 6.35. The van der Waals surface area contributed by atoms with Crippen LogP contribution in [0.2, 0.25) is 0 Å². The molecule has 5 rings (SSSR count). The van der Waals surface area contributed by atoms with Gasteiger partial charge in [-0.25, -0.2) is 0 Å². The van der Waals surface area contributed by atoms with E-state index in [4.69, 9.17) is 0 Å². The highest BCUT2D eigenvalue weighted by Crippen LogP contribution is 2.79. The van der Waals surface area contributed by atoms with Gasteiger partial charge in [-0.05, 0) is 96.7 Å². The highest BCUT2D eigenvalue weighted by atomic mass is 16.4. The van der Waals surface area contributed by atoms with E-state index in [1.807, 2.05) is 0 Å². The van der Waals surface area contributed by atoms with Crippen LogP contribution in [0.15, 0.2) is 0 Å². The molecule has 8 atom stereocenters. The van der Waals surface area contributed by atoms with Gasteiger partial charge in [0.1, 0.15) is 5.78 Å². The Hall–Kier alpha value is -0.860. The third-order valence-electron chi connectivity index (χ3n) is 12.4. The monoisotopic (exact) mass is 414 g/mol. The first-order valence-corrected chi connectivity index (χ1v) is 12.7. The Kier molecular flexibility index (Phi) is 4.45. The van der Waals surface area contributed by atoms with Crippen LogP contribution in [0.1, 0.15) is 98.8 Å². The first kappa shape index (κ1) is 21.0. The van der Waals surface area contributed by atoms with E-state index in [0.29, 0.717) is 23.5 Å². The Bertz CT molecular complexity index is 766. The first-order chi connectivity index (χ1) is 14.0. The van der Waals surface area contributed by atoms with Crippen molar-refractivity contribution < 1.29 is 14.7 Å². The minimum absolute atomic E-state index is 0.000562. The summed E-state index contributed by atoms with van der Waals surface area (Å²) in [6.07, 6.45) is 10.7. The third kappa shape index (κ3) is 2.23. The number of hydrogen-bond acceptors (Lipinski definition) is 2. The molecule has 0 heterocycles. The van der Waals surface area contributed by atoms with E-state index in [1.165, 1.54) is 25.7 Å². The normalized spacial score (nSPS) is 51.3. The molecule has 0 bridgehead atoms. The summed E-state index contributed by atoms with van der Waals surface area (Å²) in [7, 11) is 0. The average Bonchev–Trinajstić information content (AvgIpc) is 3.05. The molecule has 1 N–H and O–H groups in total. The van der Waals surface area contributed by atoms with Gasteiger partial charge in [-0.1, -0.05) is 41.0 Å². The van der Waals surface area contributed by atoms with Gasteiger partial charge in [0.15, 0.2) is 0 Å². The van der Waals surface area contributed by atoms with Crippen LogP contribution >= 0.6 is 0 Å². The van der Waals surface area contributed by atoms with Gasteiger partial charge >= 0.3 is 5.97 Å². The van der Waals surface area contributed by atoms with Gasteiger partial charge in [0, 0.05) is 12.8 Å². The number of rotatable bonds is 1. The second kappa shape index (κ2) is 6.35. The number of carboxylic acids is 1. The summed E-state index contributed by atoms with van der Waals surface area (Å²) in [5.74, 6) is 3.95. The quantitative estimate of drug-likeness (QED) is 0.544. The lowest BCUT2D eigenvalue weighted by molar-refractivity contribution is -0.258. The molecule has 0 aromatic carbocycles. The second-order valence-corrected chi connectivity index (χ2v) is 13.1. The summed E-state index contributed by atoms with van der Waals surface area (Å²) in [5, 5.41) is 10.7. The van der Waals surface area contributed by atoms with Crippen molar-refractivity contribution in [3.05, 3.63) is 0 Å². The maximum atomic E-state index is 13.0. The van der Waals surface area contributed by atoms with Crippen molar-refractivity contribution in [2.75, 3.05) is 0 Å². The molecule has 0 radical (unpaired) electrons. The first-order valence-electron chi connectivity index (χ1n) is 12.7. The van der Waals surface area contributed by atoms with E-state index in [0.717, 1.165) is 56.3 Å². The molecular formula is C27H42O3. The molecule has 168 valence electrons. The SMILES string of the molecule is CC1(C)C2C3CCC4CC(=O)CCC4C3CCC2C2(C)CCCC2(C(=O)O)C1(C)C. The van der Waals surface area contributed by atoms with E-state index in [9.17, 15) is 14.7 Å². The highest BCUT2D eigenvalue weighted by molar-refractivity contribution is 5.79. The Labute approximate surface area is 182 Å². The zero-order valence-corrected chi connectivity index (χ0v) is 19.8. The molecule has 0 aromatic heterocycles. The van der Waals surface area contributed by atoms with Crippen molar-refractivity contribution in [1.82, 2.24) is 0 Å². The number of ketones is 1. The van der Waals surface area contributed by atoms with Crippen LogP contribution in [0.5, 0.6) is 0 Å². The van der Waals surface area contributed by atoms with Crippen LogP contribution in [-0.4, -0.2) is 16.9 Å². The van der Waals surface area contributed by atoms with E-state index in [1.54, 1.807) is 0 Å². The highest BCUT2D eigenvalue weighted by Gasteiger charge is 2.76. The lowest BCUT2D eigenvalue weighted by atomic mass is 9.31. The summed E-state index contributed by atoms with van der Waals surface area (Å²) >= 11 is 0. The molecule has 0 amide bonds. The molecule has 5 saturated carbocycles. The number of Topliss-reactive ketones (excluding diaryl/α,β-unsaturated/α-hetero) is 1. The number of carboxylic acid groups (broad SMARTS) is 1. The second-order valence-electron chi connectivity index (χ2n) is 13.1. The van der Waals surface area contributed by atoms with Crippen LogP contribution in [-0.2, 0) is 9.59 Å². The Morgan fingerprint density at radius 2 is 1.60 bits per heavy atom. The van der Waals surface area contributed by atoms with Crippen molar-refractivity contribution in [2.24, 2.45) is 57.2 Å². The predicted molar refractivity (Wildman–Crippen MR) is 118 cm³/mol. The smallest absolute Gasteiger partial charge is 0.310 e. The van der Waals surface area contributed by atoms with Crippen molar-refractivity contribution in [3.8, 4) is 0 Å². The third-order valence-corrected chi connectivity index (χ3v) is 12.4. The van der Waals surface area contributed by atoms with Gasteiger partial charge in [0.05, 0.1) is 5.41 Å². The molecule has 5 fully saturated rings. The van der Waals surface area contributed by atoms with Crippen molar-refractivity contribution in [1.29, 1.82) is 0 Å². The molecule has 0 spiro atoms. The zero-order valence-electron chi connectivity index (χ0n) is 19.8. The van der Waals surface area contributed by atoms with Crippen molar-refractivity contribution in [2.45, 2.75) is 98.8 Å². The van der Waals surface area contributed by atoms with Crippen LogP contribution in [0.25, 0.3) is 0 Å². The van der Waals surface area contributed by atoms with Crippen molar-refractivity contribution in [3.63, 3.8) is 0 Å². The number of hydrogen-bond donors (Lipinski definition) is 1. The van der Waals surface area contributed by atoms with E-state index < -0.39 is 11.4 Å². The Morgan fingerprint density at radius 3 is 2.30 bits per heavy atom. The van der Waals surface area contributed by atoms with E-state index in [2.05, 4.69) is 34.6 Å². The summed E-state index contributed by atoms with van der Waals surface area (Å²) in [6, 6.07) is 0. The molecule has 3 nitrogen and oxygen atoms in total. The fourth-order valence-electron chi connectivity index (χ4n) is 10.7. The number of fused-ring (bicyclic) bond motifs is 7. The van der Waals surface area contributed by atoms with E-state index >= 15 is 0 Å². The van der Waals surface area contributed by atoms with Crippen LogP contribution in [0.3, 0.4) is 0 Å². The Balaban J connectivity index is 1.59. The maximum Gasteiger partial charge on any atom is 0.310 e. The molecule has 5 aliphatic carbocycles. The zero-order chi connectivity index (χ0) is 21.7. The van der Waals surface area contributed by atoms with Gasteiger partial charge in [-0.15, -0.1) is 0 Å². The molecule has 0 saturated heterocycles. The summed E-state index contributed by atoms with van der Waals surface area (Å²) in [6.45, 7) is 11.8. The van der Waals surface area contributed by atoms with Crippen LogP contribution in [0.4, 0.5) is 0 Å². The molecule has 3 heteroatoms. The van der Waals surface area contributed by atoms with Crippen LogP contribution in [0, 0.1) is 57.2 Å². The molecule has 0 aromatic rings. The fraction of sp³-hybridized carbons (Fsp3) is 0.926. The topological polar surface area (TPSA) is 54.4 Å². The van der Waals surface area contributed by atoms with Gasteiger partial charge in [0.2, 0.25) is 0 Å². The van der Waals surface area contributed by atoms with Crippen molar-refractivity contribution >= 4 is 11.8 Å². The summed E-state index contributed by atoms with van der Waals surface area (Å²) in [4.78, 5) is 25.1. The number of carbonyl (C=O) groups excluding carboxylic acids is 1. The molecule has 30 heavy (non-hydrogen) atoms.